The van der Waals surface area contributed by atoms with E-state index < -0.39 is 0 Å². The van der Waals surface area contributed by atoms with Gasteiger partial charge in [0.1, 0.15) is 5.52 Å². The third-order valence-electron chi connectivity index (χ3n) is 1.31. The second kappa shape index (κ2) is 1.28. The Kier molecular flexibility index (Phi) is 0.631. The summed E-state index contributed by atoms with van der Waals surface area (Å²) >= 11 is 0. The van der Waals surface area contributed by atoms with Gasteiger partial charge in [-0.15, -0.1) is 0 Å². The van der Waals surface area contributed by atoms with Crippen LogP contribution in [0, 0.1) is 0 Å². The van der Waals surface area contributed by atoms with Gasteiger partial charge in [0.2, 0.25) is 0 Å². The fourth-order valence-electron chi connectivity index (χ4n) is 0.836. The van der Waals surface area contributed by atoms with Crippen LogP contribution in [0.25, 0.3) is 5.52 Å². The molecule has 0 atom stereocenters. The predicted octanol–water partition coefficient (Wildman–Crippen LogP) is 0.245. The zero-order valence-corrected chi connectivity index (χ0v) is 4.70. The molecule has 0 spiro atoms. The van der Waals surface area contributed by atoms with Gasteiger partial charge < -0.3 is 5.73 Å². The highest BCUT2D eigenvalue weighted by atomic mass is 15.4. The highest BCUT2D eigenvalue weighted by molar-refractivity contribution is 5.68. The molecule has 0 aromatic carbocycles. The molecular formula is C5H6N4. The van der Waals surface area contributed by atoms with Crippen LogP contribution < -0.4 is 5.73 Å². The third kappa shape index (κ3) is 0.440. The molecule has 4 heteroatoms. The van der Waals surface area contributed by atoms with E-state index in [-0.39, 0.29) is 0 Å². The van der Waals surface area contributed by atoms with Crippen molar-refractivity contribution in [3.05, 3.63) is 18.5 Å². The molecule has 0 amide bonds. The Labute approximate surface area is 51.3 Å². The summed E-state index contributed by atoms with van der Waals surface area (Å²) in [6, 6.07) is 1.83. The Morgan fingerprint density at radius 3 is 3.33 bits per heavy atom. The average molecular weight is 122 g/mol. The van der Waals surface area contributed by atoms with Crippen LogP contribution in [0.15, 0.2) is 18.5 Å². The van der Waals surface area contributed by atoms with Crippen molar-refractivity contribution in [1.82, 2.24) is 14.8 Å². The Hall–Kier alpha value is -1.45. The van der Waals surface area contributed by atoms with E-state index in [1.54, 1.807) is 10.7 Å². The van der Waals surface area contributed by atoms with Gasteiger partial charge in [0.15, 0.2) is 0 Å². The van der Waals surface area contributed by atoms with E-state index in [4.69, 9.17) is 5.73 Å². The number of hydrogen-bond acceptors (Lipinski definition) is 2. The molecule has 0 aliphatic rings. The molecular weight excluding hydrogens is 116 g/mol. The van der Waals surface area contributed by atoms with E-state index in [1.165, 1.54) is 0 Å². The molecule has 0 saturated carbocycles. The van der Waals surface area contributed by atoms with Crippen LogP contribution in [0.5, 0.6) is 0 Å². The monoisotopic (exact) mass is 122 g/mol. The molecule has 2 heterocycles. The predicted molar refractivity (Wildman–Crippen MR) is 34.0 cm³/mol. The van der Waals surface area contributed by atoms with Crippen molar-refractivity contribution in [2.75, 3.05) is 5.73 Å². The maximum absolute atomic E-state index is 5.54. The van der Waals surface area contributed by atoms with Crippen LogP contribution in [0.2, 0.25) is 0 Å². The van der Waals surface area contributed by atoms with Gasteiger partial charge in [0.05, 0.1) is 11.9 Å². The molecule has 4 nitrogen and oxygen atoms in total. The summed E-state index contributed by atoms with van der Waals surface area (Å²) in [6.07, 6.45) is 3.52. The maximum atomic E-state index is 5.54. The van der Waals surface area contributed by atoms with Crippen molar-refractivity contribution in [2.45, 2.75) is 0 Å². The smallest absolute Gasteiger partial charge is 0.107 e. The molecule has 9 heavy (non-hydrogen) atoms. The largest absolute Gasteiger partial charge is 0.397 e. The summed E-state index contributed by atoms with van der Waals surface area (Å²) in [5, 5.41) is 6.51. The summed E-state index contributed by atoms with van der Waals surface area (Å²) in [4.78, 5) is 0. The first-order valence-electron chi connectivity index (χ1n) is 2.64. The second-order valence-electron chi connectivity index (χ2n) is 1.88. The molecule has 3 N–H and O–H groups in total. The van der Waals surface area contributed by atoms with E-state index >= 15 is 0 Å². The van der Waals surface area contributed by atoms with Gasteiger partial charge in [-0.3, -0.25) is 0 Å². The lowest BCUT2D eigenvalue weighted by molar-refractivity contribution is 0.863. The Bertz CT molecular complexity index is 318. The lowest BCUT2D eigenvalue weighted by Gasteiger charge is -1.79. The average Bonchev–Trinajstić information content (AvgIpc) is 2.35. The number of nitrogens with zero attached hydrogens (tertiary/aromatic N) is 2. The first kappa shape index (κ1) is 4.43. The lowest BCUT2D eigenvalue weighted by Crippen LogP contribution is -1.81. The molecule has 2 aromatic heterocycles. The molecule has 0 bridgehead atoms. The van der Waals surface area contributed by atoms with Crippen LogP contribution in [0.3, 0.4) is 0 Å². The summed E-state index contributed by atoms with van der Waals surface area (Å²) < 4.78 is 1.76. The number of aromatic nitrogens is 3. The van der Waals surface area contributed by atoms with Crippen molar-refractivity contribution in [2.24, 2.45) is 0 Å². The van der Waals surface area contributed by atoms with Gasteiger partial charge in [0, 0.05) is 6.20 Å². The number of nitrogens with two attached hydrogens (primary N) is 1. The van der Waals surface area contributed by atoms with E-state index in [9.17, 15) is 0 Å². The maximum Gasteiger partial charge on any atom is 0.107 e. The molecule has 0 saturated heterocycles. The molecule has 0 aliphatic heterocycles. The molecule has 0 aliphatic carbocycles. The van der Waals surface area contributed by atoms with Crippen molar-refractivity contribution in [1.29, 1.82) is 0 Å². The Morgan fingerprint density at radius 1 is 1.67 bits per heavy atom. The second-order valence-corrected chi connectivity index (χ2v) is 1.88. The number of anilines is 1. The van der Waals surface area contributed by atoms with E-state index in [2.05, 4.69) is 10.3 Å². The first-order valence-corrected chi connectivity index (χ1v) is 2.64. The third-order valence-corrected chi connectivity index (χ3v) is 1.31. The van der Waals surface area contributed by atoms with Crippen LogP contribution in [-0.2, 0) is 0 Å². The summed E-state index contributed by atoms with van der Waals surface area (Å²) in [5.41, 5.74) is 7.22. The van der Waals surface area contributed by atoms with Crippen molar-refractivity contribution in [3.63, 3.8) is 0 Å². The number of H-pyrrole nitrogens is 1. The fourth-order valence-corrected chi connectivity index (χ4v) is 0.836. The van der Waals surface area contributed by atoms with E-state index in [0.29, 0.717) is 0 Å². The molecule has 0 fully saturated rings. The highest BCUT2D eigenvalue weighted by Gasteiger charge is 1.96. The normalized spacial score (nSPS) is 10.7. The number of fused-ring (bicyclic) bond motifs is 1. The number of hydrogen-bond donors (Lipinski definition) is 2. The quantitative estimate of drug-likeness (QED) is 0.526. The molecule has 0 radical (unpaired) electrons. The van der Waals surface area contributed by atoms with Gasteiger partial charge in [-0.2, -0.15) is 5.10 Å². The van der Waals surface area contributed by atoms with Gasteiger partial charge in [-0.05, 0) is 6.07 Å². The van der Waals surface area contributed by atoms with E-state index in [1.807, 2.05) is 12.3 Å². The summed E-state index contributed by atoms with van der Waals surface area (Å²) in [5.74, 6) is 0. The van der Waals surface area contributed by atoms with Crippen LogP contribution in [0.1, 0.15) is 0 Å². The summed E-state index contributed by atoms with van der Waals surface area (Å²) in [7, 11) is 0. The van der Waals surface area contributed by atoms with Crippen LogP contribution >= 0.6 is 0 Å². The Balaban J connectivity index is 2.99. The molecule has 2 aromatic rings. The minimum Gasteiger partial charge on any atom is -0.397 e. The van der Waals surface area contributed by atoms with Gasteiger partial charge in [0.25, 0.3) is 0 Å². The van der Waals surface area contributed by atoms with Crippen molar-refractivity contribution in [3.8, 4) is 0 Å². The van der Waals surface area contributed by atoms with E-state index in [0.717, 1.165) is 11.2 Å². The topological polar surface area (TPSA) is 59.1 Å². The van der Waals surface area contributed by atoms with Gasteiger partial charge in [-0.1, -0.05) is 0 Å². The van der Waals surface area contributed by atoms with Crippen LogP contribution in [0.4, 0.5) is 5.69 Å². The fraction of sp³-hybridized carbons (Fsp3) is 0. The van der Waals surface area contributed by atoms with Gasteiger partial charge in [-0.25, -0.2) is 9.73 Å². The van der Waals surface area contributed by atoms with Crippen molar-refractivity contribution >= 4 is 11.2 Å². The zero-order chi connectivity index (χ0) is 6.27. The molecule has 46 valence electrons. The number of aromatic amines is 1. The van der Waals surface area contributed by atoms with Crippen molar-refractivity contribution < 1.29 is 0 Å². The molecule has 0 unspecified atom stereocenters. The standard InChI is InChI=1S/C5H6N4/c6-4-1-2-9-5(4)3-7-8-9/h1-3,8H,6H2. The van der Waals surface area contributed by atoms with Gasteiger partial charge >= 0.3 is 0 Å². The zero-order valence-electron chi connectivity index (χ0n) is 4.70. The SMILES string of the molecule is Nc1ccn2[nH]ncc12. The number of nitrogen functional groups attached to an aromatic ring is 1. The number of nitrogens with one attached hydrogen (secondary N) is 1. The summed E-state index contributed by atoms with van der Waals surface area (Å²) in [6.45, 7) is 0. The highest BCUT2D eigenvalue weighted by Crippen LogP contribution is 2.10. The Morgan fingerprint density at radius 2 is 2.56 bits per heavy atom. The number of rotatable bonds is 0. The molecule has 2 rings (SSSR count). The lowest BCUT2D eigenvalue weighted by atomic mass is 10.5. The minimum atomic E-state index is 0.753. The first-order chi connectivity index (χ1) is 4.38. The minimum absolute atomic E-state index is 0.753. The van der Waals surface area contributed by atoms with Crippen LogP contribution in [-0.4, -0.2) is 14.8 Å².